The molecule has 2 atom stereocenters. The largest absolute Gasteiger partial charge is 0.507 e. The molecule has 3 aliphatic heterocycles. The number of Topliss-reactive ketones (excluding diaryl/α,β-unsaturated/α-hetero) is 1. The molecule has 34 heavy (non-hydrogen) atoms. The highest BCUT2D eigenvalue weighted by Crippen LogP contribution is 2.40. The number of nitrogens with zero attached hydrogens (tertiary/aromatic N) is 2. The number of fused-ring (bicyclic) bond motifs is 1. The van der Waals surface area contributed by atoms with Gasteiger partial charge >= 0.3 is 0 Å². The van der Waals surface area contributed by atoms with Crippen LogP contribution in [0.2, 0.25) is 0 Å². The summed E-state index contributed by atoms with van der Waals surface area (Å²) in [4.78, 5) is 29.9. The number of benzene rings is 2. The third-order valence-electron chi connectivity index (χ3n) is 6.66. The molecule has 3 aliphatic rings. The van der Waals surface area contributed by atoms with Crippen LogP contribution in [0, 0.1) is 5.82 Å². The van der Waals surface area contributed by atoms with Gasteiger partial charge in [-0.05, 0) is 48.4 Å². The van der Waals surface area contributed by atoms with Crippen molar-refractivity contribution in [2.24, 2.45) is 0 Å². The van der Waals surface area contributed by atoms with E-state index in [0.717, 1.165) is 24.4 Å². The second kappa shape index (κ2) is 9.19. The summed E-state index contributed by atoms with van der Waals surface area (Å²) in [5, 5.41) is 11.3. The Balaban J connectivity index is 1.53. The van der Waals surface area contributed by atoms with E-state index >= 15 is 0 Å². The average Bonchev–Trinajstić information content (AvgIpc) is 3.34. The van der Waals surface area contributed by atoms with Gasteiger partial charge in [0.15, 0.2) is 0 Å². The van der Waals surface area contributed by atoms with Crippen molar-refractivity contribution in [2.45, 2.75) is 25.5 Å². The van der Waals surface area contributed by atoms with Crippen LogP contribution in [0.15, 0.2) is 48.0 Å². The third-order valence-corrected chi connectivity index (χ3v) is 6.66. The number of aliphatic hydroxyl groups is 1. The van der Waals surface area contributed by atoms with Gasteiger partial charge in [0.2, 0.25) is 0 Å². The fourth-order valence-corrected chi connectivity index (χ4v) is 4.90. The first kappa shape index (κ1) is 22.6. The fraction of sp³-hybridized carbons (Fsp3) is 0.385. The lowest BCUT2D eigenvalue weighted by molar-refractivity contribution is -0.140. The molecular weight excluding hydrogens is 439 g/mol. The molecule has 178 valence electrons. The summed E-state index contributed by atoms with van der Waals surface area (Å²) in [7, 11) is 0. The Kier molecular flexibility index (Phi) is 6.10. The van der Waals surface area contributed by atoms with Gasteiger partial charge in [0, 0.05) is 38.2 Å². The van der Waals surface area contributed by atoms with Gasteiger partial charge in [-0.2, -0.15) is 0 Å². The second-order valence-corrected chi connectivity index (χ2v) is 8.95. The molecule has 2 aromatic rings. The number of halogens is 1. The van der Waals surface area contributed by atoms with Crippen LogP contribution in [0.3, 0.4) is 0 Å². The molecule has 0 bridgehead atoms. The molecule has 2 aromatic carbocycles. The minimum Gasteiger partial charge on any atom is -0.507 e. The summed E-state index contributed by atoms with van der Waals surface area (Å²) in [5.41, 5.74) is 1.99. The Morgan fingerprint density at radius 2 is 1.82 bits per heavy atom. The summed E-state index contributed by atoms with van der Waals surface area (Å²) >= 11 is 0. The van der Waals surface area contributed by atoms with Gasteiger partial charge in [-0.15, -0.1) is 0 Å². The van der Waals surface area contributed by atoms with Crippen LogP contribution in [0.4, 0.5) is 4.39 Å². The molecule has 0 spiro atoms. The number of hydrogen-bond donors (Lipinski definition) is 1. The number of carbonyl (C=O) groups is 2. The lowest BCUT2D eigenvalue weighted by Gasteiger charge is -2.31. The molecule has 2 fully saturated rings. The van der Waals surface area contributed by atoms with Crippen LogP contribution >= 0.6 is 0 Å². The lowest BCUT2D eigenvalue weighted by atomic mass is 9.94. The molecule has 2 saturated heterocycles. The first-order valence-corrected chi connectivity index (χ1v) is 11.6. The molecule has 1 N–H and O–H groups in total. The van der Waals surface area contributed by atoms with Crippen molar-refractivity contribution < 1.29 is 28.6 Å². The maximum Gasteiger partial charge on any atom is 0.295 e. The summed E-state index contributed by atoms with van der Waals surface area (Å²) < 4.78 is 24.8. The highest BCUT2D eigenvalue weighted by Gasteiger charge is 2.46. The zero-order valence-corrected chi connectivity index (χ0v) is 19.0. The van der Waals surface area contributed by atoms with Gasteiger partial charge in [-0.3, -0.25) is 14.5 Å². The van der Waals surface area contributed by atoms with Crippen molar-refractivity contribution in [3.63, 3.8) is 0 Å². The fourth-order valence-electron chi connectivity index (χ4n) is 4.90. The molecule has 0 aliphatic carbocycles. The van der Waals surface area contributed by atoms with E-state index < -0.39 is 23.5 Å². The zero-order chi connectivity index (χ0) is 23.8. The van der Waals surface area contributed by atoms with Gasteiger partial charge in [0.05, 0.1) is 24.8 Å². The molecule has 3 heterocycles. The summed E-state index contributed by atoms with van der Waals surface area (Å²) in [6, 6.07) is 10.2. The SMILES string of the molecule is CC1Cc2cc(C(O)=C3C(=O)C(=O)N(CCN4CCOCC4)C3c3ccc(F)cc3)ccc2O1. The number of likely N-dealkylation sites (tertiary alicyclic amines) is 1. The topological polar surface area (TPSA) is 79.3 Å². The number of ether oxygens (including phenoxy) is 2. The van der Waals surface area contributed by atoms with Crippen molar-refractivity contribution >= 4 is 17.4 Å². The van der Waals surface area contributed by atoms with E-state index in [4.69, 9.17) is 9.47 Å². The van der Waals surface area contributed by atoms with Crippen LogP contribution in [0.5, 0.6) is 5.75 Å². The lowest BCUT2D eigenvalue weighted by Crippen LogP contribution is -2.42. The molecule has 0 aromatic heterocycles. The van der Waals surface area contributed by atoms with E-state index in [1.807, 2.05) is 6.92 Å². The Labute approximate surface area is 197 Å². The quantitative estimate of drug-likeness (QED) is 0.415. The molecule has 8 heteroatoms. The molecule has 1 amide bonds. The van der Waals surface area contributed by atoms with E-state index in [1.165, 1.54) is 17.0 Å². The van der Waals surface area contributed by atoms with Crippen LogP contribution in [-0.4, -0.2) is 72.1 Å². The number of rotatable bonds is 5. The van der Waals surface area contributed by atoms with E-state index in [2.05, 4.69) is 4.90 Å². The van der Waals surface area contributed by atoms with Gasteiger partial charge < -0.3 is 19.5 Å². The van der Waals surface area contributed by atoms with Crippen molar-refractivity contribution in [3.8, 4) is 5.75 Å². The van der Waals surface area contributed by atoms with Gasteiger partial charge in [0.1, 0.15) is 23.4 Å². The Morgan fingerprint density at radius 1 is 1.09 bits per heavy atom. The highest BCUT2D eigenvalue weighted by atomic mass is 19.1. The smallest absolute Gasteiger partial charge is 0.295 e. The first-order chi connectivity index (χ1) is 16.4. The number of morpholine rings is 1. The standard InChI is InChI=1S/C26H27FN2O5/c1-16-14-19-15-18(4-7-21(19)34-16)24(30)22-23(17-2-5-20(27)6-3-17)29(26(32)25(22)31)9-8-28-10-12-33-13-11-28/h2-7,15-16,23,30H,8-14H2,1H3. The Bertz CT molecular complexity index is 1140. The van der Waals surface area contributed by atoms with Crippen molar-refractivity contribution in [1.29, 1.82) is 0 Å². The molecule has 7 nitrogen and oxygen atoms in total. The molecular formula is C26H27FN2O5. The van der Waals surface area contributed by atoms with Gasteiger partial charge in [-0.1, -0.05) is 12.1 Å². The minimum absolute atomic E-state index is 0.0190. The summed E-state index contributed by atoms with van der Waals surface area (Å²) in [6.07, 6.45) is 0.739. The van der Waals surface area contributed by atoms with Crippen LogP contribution < -0.4 is 4.74 Å². The van der Waals surface area contributed by atoms with E-state index in [0.29, 0.717) is 43.9 Å². The molecule has 0 saturated carbocycles. The van der Waals surface area contributed by atoms with Crippen molar-refractivity contribution in [2.75, 3.05) is 39.4 Å². The maximum absolute atomic E-state index is 13.7. The normalized spacial score (nSPS) is 24.4. The number of amides is 1. The zero-order valence-electron chi connectivity index (χ0n) is 19.0. The number of carbonyl (C=O) groups excluding carboxylic acids is 2. The average molecular weight is 467 g/mol. The van der Waals surface area contributed by atoms with Gasteiger partial charge in [0.25, 0.3) is 11.7 Å². The number of ketones is 1. The molecule has 5 rings (SSSR count). The Morgan fingerprint density at radius 3 is 2.56 bits per heavy atom. The van der Waals surface area contributed by atoms with E-state index in [9.17, 15) is 19.1 Å². The Hall–Kier alpha value is -3.23. The predicted octanol–water partition coefficient (Wildman–Crippen LogP) is 2.90. The predicted molar refractivity (Wildman–Crippen MR) is 123 cm³/mol. The van der Waals surface area contributed by atoms with Crippen molar-refractivity contribution in [3.05, 3.63) is 70.5 Å². The van der Waals surface area contributed by atoms with Crippen LogP contribution in [-0.2, 0) is 20.7 Å². The minimum atomic E-state index is -0.801. The van der Waals surface area contributed by atoms with Crippen molar-refractivity contribution in [1.82, 2.24) is 9.80 Å². The number of hydrogen-bond acceptors (Lipinski definition) is 6. The van der Waals surface area contributed by atoms with E-state index in [-0.39, 0.29) is 17.4 Å². The summed E-state index contributed by atoms with van der Waals surface area (Å²) in [5.74, 6) is -1.29. The molecule has 0 radical (unpaired) electrons. The third kappa shape index (κ3) is 4.19. The van der Waals surface area contributed by atoms with E-state index in [1.54, 1.807) is 30.3 Å². The second-order valence-electron chi connectivity index (χ2n) is 8.95. The monoisotopic (exact) mass is 466 g/mol. The first-order valence-electron chi connectivity index (χ1n) is 11.6. The highest BCUT2D eigenvalue weighted by molar-refractivity contribution is 6.46. The van der Waals surface area contributed by atoms with Crippen LogP contribution in [0.25, 0.3) is 5.76 Å². The molecule has 2 unspecified atom stereocenters. The maximum atomic E-state index is 13.7. The summed E-state index contributed by atoms with van der Waals surface area (Å²) in [6.45, 7) is 5.60. The number of aliphatic hydroxyl groups excluding tert-OH is 1. The van der Waals surface area contributed by atoms with Gasteiger partial charge in [-0.25, -0.2) is 4.39 Å². The van der Waals surface area contributed by atoms with Crippen LogP contribution in [0.1, 0.15) is 29.7 Å².